The zero-order valence-corrected chi connectivity index (χ0v) is 21.3. The van der Waals surface area contributed by atoms with Gasteiger partial charge in [-0.05, 0) is 61.4 Å². The Bertz CT molecular complexity index is 1020. The highest BCUT2D eigenvalue weighted by Gasteiger charge is 2.13. The number of aromatic nitrogens is 2. The van der Waals surface area contributed by atoms with E-state index in [-0.39, 0.29) is 11.8 Å². The molecule has 1 heterocycles. The summed E-state index contributed by atoms with van der Waals surface area (Å²) in [6.07, 6.45) is 5.88. The third-order valence-corrected chi connectivity index (χ3v) is 6.60. The number of rotatable bonds is 14. The fourth-order valence-electron chi connectivity index (χ4n) is 4.37. The molecule has 0 aliphatic heterocycles. The highest BCUT2D eigenvalue weighted by Crippen LogP contribution is 2.20. The fourth-order valence-corrected chi connectivity index (χ4v) is 4.37. The average Bonchev–Trinajstić information content (AvgIpc) is 3.19. The predicted octanol–water partition coefficient (Wildman–Crippen LogP) is 6.50. The van der Waals surface area contributed by atoms with E-state index >= 15 is 0 Å². The Morgan fingerprint density at radius 3 is 2.44 bits per heavy atom. The minimum absolute atomic E-state index is 0.148. The standard InChI is InChI=1S/C29H41N3O2/c1-5-23(6-2)29(33)30-19-11-7-8-14-28-31-26-12-9-10-13-27(26)32(28)20-21-34-25-17-15-24(16-18-25)22(3)4/h9-10,12-13,15-18,22-23H,5-8,11,14,19-21H2,1-4H3,(H,30,33). The van der Waals surface area contributed by atoms with Crippen LogP contribution in [0.2, 0.25) is 0 Å². The minimum Gasteiger partial charge on any atom is -0.492 e. The topological polar surface area (TPSA) is 56.2 Å². The summed E-state index contributed by atoms with van der Waals surface area (Å²) in [4.78, 5) is 17.0. The molecule has 0 bridgehead atoms. The number of benzene rings is 2. The van der Waals surface area contributed by atoms with E-state index < -0.39 is 0 Å². The lowest BCUT2D eigenvalue weighted by atomic mass is 10.0. The van der Waals surface area contributed by atoms with Crippen molar-refractivity contribution in [1.82, 2.24) is 14.9 Å². The second-order valence-electron chi connectivity index (χ2n) is 9.36. The van der Waals surface area contributed by atoms with E-state index in [1.807, 2.05) is 6.07 Å². The molecule has 3 aromatic rings. The SMILES string of the molecule is CCC(CC)C(=O)NCCCCCc1nc2ccccc2n1CCOc1ccc(C(C)C)cc1. The van der Waals surface area contributed by atoms with Gasteiger partial charge in [-0.15, -0.1) is 0 Å². The van der Waals surface area contributed by atoms with Gasteiger partial charge in [-0.1, -0.05) is 58.4 Å². The molecule has 0 saturated heterocycles. The number of hydrogen-bond acceptors (Lipinski definition) is 3. The van der Waals surface area contributed by atoms with E-state index in [0.29, 0.717) is 12.5 Å². The summed E-state index contributed by atoms with van der Waals surface area (Å²) in [5.74, 6) is 2.89. The van der Waals surface area contributed by atoms with E-state index in [2.05, 4.69) is 80.0 Å². The van der Waals surface area contributed by atoms with Crippen molar-refractivity contribution in [3.05, 3.63) is 59.9 Å². The Morgan fingerprint density at radius 2 is 1.74 bits per heavy atom. The molecule has 34 heavy (non-hydrogen) atoms. The van der Waals surface area contributed by atoms with Crippen LogP contribution >= 0.6 is 0 Å². The van der Waals surface area contributed by atoms with Crippen molar-refractivity contribution in [2.24, 2.45) is 5.92 Å². The summed E-state index contributed by atoms with van der Waals surface area (Å²) in [6, 6.07) is 16.7. The molecule has 0 aliphatic rings. The van der Waals surface area contributed by atoms with Crippen molar-refractivity contribution in [3.63, 3.8) is 0 Å². The van der Waals surface area contributed by atoms with Gasteiger partial charge in [0.15, 0.2) is 0 Å². The van der Waals surface area contributed by atoms with Crippen LogP contribution < -0.4 is 10.1 Å². The number of para-hydroxylation sites is 2. The van der Waals surface area contributed by atoms with Crippen LogP contribution in [0.25, 0.3) is 11.0 Å². The first-order valence-corrected chi connectivity index (χ1v) is 13.0. The monoisotopic (exact) mass is 463 g/mol. The Labute approximate surface area is 204 Å². The predicted molar refractivity (Wildman–Crippen MR) is 140 cm³/mol. The van der Waals surface area contributed by atoms with Gasteiger partial charge in [0.1, 0.15) is 18.2 Å². The van der Waals surface area contributed by atoms with Crippen molar-refractivity contribution in [2.75, 3.05) is 13.2 Å². The fraction of sp³-hybridized carbons (Fsp3) is 0.517. The molecule has 1 N–H and O–H groups in total. The highest BCUT2D eigenvalue weighted by molar-refractivity contribution is 5.78. The summed E-state index contributed by atoms with van der Waals surface area (Å²) < 4.78 is 8.35. The van der Waals surface area contributed by atoms with Gasteiger partial charge in [0.05, 0.1) is 17.6 Å². The molecule has 1 aromatic heterocycles. The molecule has 1 amide bonds. The van der Waals surface area contributed by atoms with E-state index in [9.17, 15) is 4.79 Å². The van der Waals surface area contributed by atoms with E-state index in [4.69, 9.17) is 9.72 Å². The number of imidazole rings is 1. The molecule has 184 valence electrons. The molecule has 5 nitrogen and oxygen atoms in total. The van der Waals surface area contributed by atoms with Gasteiger partial charge in [0.2, 0.25) is 5.91 Å². The van der Waals surface area contributed by atoms with Gasteiger partial charge in [0.25, 0.3) is 0 Å². The number of ether oxygens (including phenoxy) is 1. The number of unbranched alkanes of at least 4 members (excludes halogenated alkanes) is 2. The third kappa shape index (κ3) is 7.09. The molecule has 0 spiro atoms. The first-order chi connectivity index (χ1) is 16.5. The van der Waals surface area contributed by atoms with Crippen LogP contribution in [-0.4, -0.2) is 28.6 Å². The van der Waals surface area contributed by atoms with Gasteiger partial charge in [-0.2, -0.15) is 0 Å². The van der Waals surface area contributed by atoms with Crippen LogP contribution in [0.4, 0.5) is 0 Å². The maximum atomic E-state index is 12.1. The van der Waals surface area contributed by atoms with Gasteiger partial charge >= 0.3 is 0 Å². The largest absolute Gasteiger partial charge is 0.492 e. The maximum absolute atomic E-state index is 12.1. The number of amides is 1. The average molecular weight is 464 g/mol. The summed E-state index contributed by atoms with van der Waals surface area (Å²) in [5.41, 5.74) is 3.52. The number of nitrogens with zero attached hydrogens (tertiary/aromatic N) is 2. The molecule has 0 radical (unpaired) electrons. The summed E-state index contributed by atoms with van der Waals surface area (Å²) in [6.45, 7) is 10.7. The van der Waals surface area contributed by atoms with Gasteiger partial charge < -0.3 is 14.6 Å². The molecule has 0 fully saturated rings. The summed E-state index contributed by atoms with van der Waals surface area (Å²) in [7, 11) is 0. The number of fused-ring (bicyclic) bond motifs is 1. The molecule has 3 rings (SSSR count). The molecule has 0 aliphatic carbocycles. The zero-order chi connectivity index (χ0) is 24.3. The molecule has 0 saturated carbocycles. The number of carbonyl (C=O) groups excluding carboxylic acids is 1. The van der Waals surface area contributed by atoms with E-state index in [1.54, 1.807) is 0 Å². The lowest BCUT2D eigenvalue weighted by Crippen LogP contribution is -2.30. The highest BCUT2D eigenvalue weighted by atomic mass is 16.5. The summed E-state index contributed by atoms with van der Waals surface area (Å²) >= 11 is 0. The number of aryl methyl sites for hydroxylation is 1. The van der Waals surface area contributed by atoms with Crippen LogP contribution in [0.5, 0.6) is 5.75 Å². The van der Waals surface area contributed by atoms with Crippen molar-refractivity contribution in [1.29, 1.82) is 0 Å². The van der Waals surface area contributed by atoms with Gasteiger partial charge in [-0.25, -0.2) is 4.98 Å². The number of hydrogen-bond donors (Lipinski definition) is 1. The second kappa shape index (κ2) is 13.2. The van der Waals surface area contributed by atoms with Gasteiger partial charge in [0, 0.05) is 18.9 Å². The quantitative estimate of drug-likeness (QED) is 0.278. The Balaban J connectivity index is 1.51. The molecular weight excluding hydrogens is 422 g/mol. The molecule has 2 aromatic carbocycles. The molecule has 5 heteroatoms. The lowest BCUT2D eigenvalue weighted by Gasteiger charge is -2.13. The maximum Gasteiger partial charge on any atom is 0.223 e. The number of carbonyl (C=O) groups is 1. The summed E-state index contributed by atoms with van der Waals surface area (Å²) in [5, 5.41) is 3.09. The van der Waals surface area contributed by atoms with Crippen molar-refractivity contribution >= 4 is 16.9 Å². The van der Waals surface area contributed by atoms with Crippen LogP contribution in [0.3, 0.4) is 0 Å². The molecule has 0 unspecified atom stereocenters. The van der Waals surface area contributed by atoms with Gasteiger partial charge in [-0.3, -0.25) is 4.79 Å². The number of nitrogens with one attached hydrogen (secondary N) is 1. The first kappa shape index (κ1) is 25.8. The van der Waals surface area contributed by atoms with Crippen molar-refractivity contribution in [2.45, 2.75) is 78.7 Å². The minimum atomic E-state index is 0.148. The molecular formula is C29H41N3O2. The lowest BCUT2D eigenvalue weighted by molar-refractivity contribution is -0.125. The van der Waals surface area contributed by atoms with Crippen molar-refractivity contribution in [3.8, 4) is 5.75 Å². The third-order valence-electron chi connectivity index (χ3n) is 6.60. The van der Waals surface area contributed by atoms with Crippen LogP contribution in [-0.2, 0) is 17.8 Å². The van der Waals surface area contributed by atoms with E-state index in [1.165, 1.54) is 5.56 Å². The molecule has 0 atom stereocenters. The first-order valence-electron chi connectivity index (χ1n) is 13.0. The zero-order valence-electron chi connectivity index (χ0n) is 21.3. The van der Waals surface area contributed by atoms with Crippen molar-refractivity contribution < 1.29 is 9.53 Å². The Kier molecular flexibility index (Phi) is 9.99. The van der Waals surface area contributed by atoms with Crippen LogP contribution in [0, 0.1) is 5.92 Å². The van der Waals surface area contributed by atoms with Crippen LogP contribution in [0.15, 0.2) is 48.5 Å². The Morgan fingerprint density at radius 1 is 1.00 bits per heavy atom. The second-order valence-corrected chi connectivity index (χ2v) is 9.36. The smallest absolute Gasteiger partial charge is 0.223 e. The van der Waals surface area contributed by atoms with Crippen LogP contribution in [0.1, 0.15) is 77.1 Å². The Hall–Kier alpha value is -2.82. The van der Waals surface area contributed by atoms with E-state index in [0.717, 1.165) is 74.2 Å². The normalized spacial score (nSPS) is 11.5.